The fourth-order valence-electron chi connectivity index (χ4n) is 9.57. The van der Waals surface area contributed by atoms with Crippen LogP contribution in [0.5, 0.6) is 0 Å². The van der Waals surface area contributed by atoms with Crippen molar-refractivity contribution in [1.29, 1.82) is 0 Å². The van der Waals surface area contributed by atoms with E-state index in [1.165, 1.54) is 9.80 Å². The summed E-state index contributed by atoms with van der Waals surface area (Å²) in [7, 11) is 0. The largest absolute Gasteiger partial charge is 0.268 e. The quantitative estimate of drug-likeness (QED) is 0.0627. The molecule has 0 bridgehead atoms. The predicted octanol–water partition coefficient (Wildman–Crippen LogP) is 12.7. The van der Waals surface area contributed by atoms with E-state index in [-0.39, 0.29) is 23.6 Å². The molecule has 0 N–H and O–H groups in total. The van der Waals surface area contributed by atoms with Crippen LogP contribution in [-0.4, -0.2) is 23.6 Å². The Labute approximate surface area is 340 Å². The van der Waals surface area contributed by atoms with Gasteiger partial charge in [-0.3, -0.25) is 19.2 Å². The molecule has 0 atom stereocenters. The number of fused-ring (bicyclic) bond motifs is 2. The second-order valence-corrected chi connectivity index (χ2v) is 16.4. The standard InChI is InChI=1S/C52H50N2O4/c1-5-9-13-31-17-19-33(15-11-7-3)43(29-31)53-49(55)39-25-21-35-37-23-27-41-48-42(28-24-38(46(37)48)36-22-26-40(50(53)56)47(39)45(35)36)52(58)54(51(41)57)44-30-32(14-10-6-2)18-20-34(44)16-12-8-4/h17-30H,5-16H2,1-4H3. The van der Waals surface area contributed by atoms with E-state index < -0.39 is 0 Å². The number of nitrogens with zero attached hydrogens (tertiary/aromatic N) is 2. The highest BCUT2D eigenvalue weighted by Crippen LogP contribution is 2.47. The van der Waals surface area contributed by atoms with Crippen LogP contribution in [0.25, 0.3) is 43.1 Å². The lowest BCUT2D eigenvalue weighted by Gasteiger charge is -2.31. The molecule has 58 heavy (non-hydrogen) atoms. The topological polar surface area (TPSA) is 74.8 Å². The molecule has 2 aliphatic rings. The molecule has 2 heterocycles. The molecule has 0 aromatic heterocycles. The molecule has 292 valence electrons. The number of amides is 4. The number of carbonyl (C=O) groups is 4. The van der Waals surface area contributed by atoms with Crippen molar-refractivity contribution in [3.05, 3.63) is 129 Å². The molecule has 0 saturated heterocycles. The predicted molar refractivity (Wildman–Crippen MR) is 237 cm³/mol. The summed E-state index contributed by atoms with van der Waals surface area (Å²) in [6.07, 6.45) is 11.5. The van der Waals surface area contributed by atoms with Crippen molar-refractivity contribution in [1.82, 2.24) is 0 Å². The van der Waals surface area contributed by atoms with Gasteiger partial charge in [-0.05, 0) is 142 Å². The van der Waals surface area contributed by atoms with E-state index >= 15 is 0 Å². The van der Waals surface area contributed by atoms with Crippen LogP contribution in [0.1, 0.15) is 143 Å². The summed E-state index contributed by atoms with van der Waals surface area (Å²) in [4.78, 5) is 61.5. The summed E-state index contributed by atoms with van der Waals surface area (Å²) in [5, 5.41) is 6.59. The first kappa shape index (κ1) is 37.7. The number of hydrogen-bond donors (Lipinski definition) is 0. The number of anilines is 2. The fourth-order valence-corrected chi connectivity index (χ4v) is 9.57. The molecule has 0 fully saturated rings. The van der Waals surface area contributed by atoms with Gasteiger partial charge in [-0.15, -0.1) is 0 Å². The molecule has 0 unspecified atom stereocenters. The maximum Gasteiger partial charge on any atom is 0.265 e. The van der Waals surface area contributed by atoms with Gasteiger partial charge in [-0.2, -0.15) is 0 Å². The zero-order valence-electron chi connectivity index (χ0n) is 34.1. The lowest BCUT2D eigenvalue weighted by molar-refractivity contribution is 0.0877. The lowest BCUT2D eigenvalue weighted by Crippen LogP contribution is -2.41. The van der Waals surface area contributed by atoms with Crippen LogP contribution in [0.3, 0.4) is 0 Å². The molecule has 0 saturated carbocycles. The number of benzene rings is 7. The van der Waals surface area contributed by atoms with Crippen molar-refractivity contribution in [2.24, 2.45) is 0 Å². The minimum Gasteiger partial charge on any atom is -0.268 e. The average Bonchev–Trinajstić information content (AvgIpc) is 3.24. The van der Waals surface area contributed by atoms with E-state index in [4.69, 9.17) is 0 Å². The highest BCUT2D eigenvalue weighted by Gasteiger charge is 2.39. The molecule has 9 rings (SSSR count). The Balaban J connectivity index is 1.20. The minimum atomic E-state index is -0.309. The molecule has 6 nitrogen and oxygen atoms in total. The van der Waals surface area contributed by atoms with Crippen molar-refractivity contribution >= 4 is 78.1 Å². The van der Waals surface area contributed by atoms with Crippen LogP contribution in [0, 0.1) is 0 Å². The van der Waals surface area contributed by atoms with E-state index in [9.17, 15) is 19.2 Å². The van der Waals surface area contributed by atoms with Crippen molar-refractivity contribution in [3.8, 4) is 0 Å². The summed E-state index contributed by atoms with van der Waals surface area (Å²) in [5.74, 6) is -1.24. The van der Waals surface area contributed by atoms with Gasteiger partial charge in [-0.25, -0.2) is 9.80 Å². The van der Waals surface area contributed by atoms with Crippen molar-refractivity contribution in [2.45, 2.75) is 105 Å². The summed E-state index contributed by atoms with van der Waals surface area (Å²) in [6.45, 7) is 8.63. The van der Waals surface area contributed by atoms with Crippen molar-refractivity contribution < 1.29 is 19.2 Å². The normalized spacial score (nSPS) is 14.1. The molecular weight excluding hydrogens is 717 g/mol. The van der Waals surface area contributed by atoms with Crippen molar-refractivity contribution in [3.63, 3.8) is 0 Å². The number of rotatable bonds is 14. The van der Waals surface area contributed by atoms with Crippen LogP contribution >= 0.6 is 0 Å². The minimum absolute atomic E-state index is 0.309. The zero-order chi connectivity index (χ0) is 40.2. The third-order valence-electron chi connectivity index (χ3n) is 12.7. The molecular formula is C52H50N2O4. The molecule has 2 aliphatic heterocycles. The van der Waals surface area contributed by atoms with Crippen LogP contribution < -0.4 is 9.80 Å². The Bertz CT molecular complexity index is 2520. The van der Waals surface area contributed by atoms with Gasteiger partial charge in [0.15, 0.2) is 0 Å². The van der Waals surface area contributed by atoms with E-state index in [1.807, 2.05) is 48.5 Å². The Kier molecular flexibility index (Phi) is 9.83. The Morgan fingerprint density at radius 2 is 0.672 bits per heavy atom. The SMILES string of the molecule is CCCCc1ccc(CCCC)c(N2C(=O)c3ccc4c5ccc6c7c(ccc(c8ccc(c3c48)C2=O)c75)C(=O)N(c2cc(CCCC)ccc2CCCC)C6=O)c1. The van der Waals surface area contributed by atoms with Gasteiger partial charge >= 0.3 is 0 Å². The van der Waals surface area contributed by atoms with Gasteiger partial charge in [0, 0.05) is 33.0 Å². The molecule has 7 aromatic carbocycles. The number of imide groups is 2. The first-order valence-electron chi connectivity index (χ1n) is 21.5. The van der Waals surface area contributed by atoms with E-state index in [0.29, 0.717) is 44.4 Å². The van der Waals surface area contributed by atoms with Crippen LogP contribution in [0.15, 0.2) is 84.9 Å². The molecule has 0 aliphatic carbocycles. The van der Waals surface area contributed by atoms with E-state index in [1.54, 1.807) is 0 Å². The molecule has 6 heteroatoms. The summed E-state index contributed by atoms with van der Waals surface area (Å²) < 4.78 is 0. The molecule has 0 radical (unpaired) electrons. The maximum absolute atomic E-state index is 14.7. The first-order chi connectivity index (χ1) is 28.3. The van der Waals surface area contributed by atoms with Gasteiger partial charge in [-0.1, -0.05) is 102 Å². The van der Waals surface area contributed by atoms with Gasteiger partial charge in [0.25, 0.3) is 23.6 Å². The molecule has 0 spiro atoms. The fraction of sp³-hybridized carbons (Fsp3) is 0.308. The Morgan fingerprint density at radius 3 is 0.983 bits per heavy atom. The van der Waals surface area contributed by atoms with Crippen molar-refractivity contribution in [2.75, 3.05) is 9.80 Å². The monoisotopic (exact) mass is 766 g/mol. The van der Waals surface area contributed by atoms with E-state index in [2.05, 4.69) is 64.1 Å². The van der Waals surface area contributed by atoms with Gasteiger partial charge in [0.2, 0.25) is 0 Å². The zero-order valence-corrected chi connectivity index (χ0v) is 34.1. The summed E-state index contributed by atoms with van der Waals surface area (Å²) in [5.41, 5.74) is 7.67. The van der Waals surface area contributed by atoms with Crippen LogP contribution in [-0.2, 0) is 25.7 Å². The smallest absolute Gasteiger partial charge is 0.265 e. The van der Waals surface area contributed by atoms with Crippen LogP contribution in [0.2, 0.25) is 0 Å². The third-order valence-corrected chi connectivity index (χ3v) is 12.7. The highest BCUT2D eigenvalue weighted by molar-refractivity contribution is 6.45. The number of hydrogen-bond acceptors (Lipinski definition) is 4. The second-order valence-electron chi connectivity index (χ2n) is 16.4. The van der Waals surface area contributed by atoms with Gasteiger partial charge in [0.1, 0.15) is 0 Å². The summed E-state index contributed by atoms with van der Waals surface area (Å²) in [6, 6.07) is 28.0. The van der Waals surface area contributed by atoms with Crippen LogP contribution in [0.4, 0.5) is 11.4 Å². The number of unbranched alkanes of at least 4 members (excludes halogenated alkanes) is 4. The molecule has 4 amide bonds. The van der Waals surface area contributed by atoms with Gasteiger partial charge in [0.05, 0.1) is 11.4 Å². The molecule has 7 aromatic rings. The average molecular weight is 767 g/mol. The Morgan fingerprint density at radius 1 is 0.362 bits per heavy atom. The lowest BCUT2D eigenvalue weighted by atomic mass is 9.82. The van der Waals surface area contributed by atoms with Gasteiger partial charge < -0.3 is 0 Å². The highest BCUT2D eigenvalue weighted by atomic mass is 16.2. The third kappa shape index (κ3) is 5.82. The summed E-state index contributed by atoms with van der Waals surface area (Å²) >= 11 is 0. The number of carbonyl (C=O) groups excluding carboxylic acids is 4. The Hall–Kier alpha value is -5.88. The number of aryl methyl sites for hydroxylation is 4. The van der Waals surface area contributed by atoms with E-state index in [0.717, 1.165) is 132 Å². The second kappa shape index (κ2) is 15.1. The first-order valence-corrected chi connectivity index (χ1v) is 21.5. The maximum atomic E-state index is 14.7.